The maximum absolute atomic E-state index is 5.72. The molecule has 2 heterocycles. The molecule has 0 aliphatic rings. The monoisotopic (exact) mass is 299 g/mol. The quantitative estimate of drug-likeness (QED) is 0.946. The zero-order chi connectivity index (χ0) is 11.5. The molecule has 6 heteroatoms. The van der Waals surface area contributed by atoms with Crippen molar-refractivity contribution in [2.75, 3.05) is 5.73 Å². The Labute approximate surface area is 106 Å². The van der Waals surface area contributed by atoms with Gasteiger partial charge in [-0.3, -0.25) is 0 Å². The standard InChI is InChI=1S/C10H10BrN3OS/c1-6(10-13-2-3-16-10)15-8-4-7(11)5-14-9(8)12/h2-6H,1H3,(H2,12,14)/t6-/m1/s1. The molecule has 0 saturated heterocycles. The van der Waals surface area contributed by atoms with Gasteiger partial charge < -0.3 is 10.5 Å². The Hall–Kier alpha value is -1.14. The minimum Gasteiger partial charge on any atom is -0.480 e. The number of aromatic nitrogens is 2. The molecule has 0 amide bonds. The summed E-state index contributed by atoms with van der Waals surface area (Å²) in [4.78, 5) is 8.19. The molecule has 0 saturated carbocycles. The van der Waals surface area contributed by atoms with Crippen molar-refractivity contribution in [3.05, 3.63) is 33.3 Å². The fourth-order valence-electron chi connectivity index (χ4n) is 1.20. The zero-order valence-electron chi connectivity index (χ0n) is 8.55. The van der Waals surface area contributed by atoms with Gasteiger partial charge in [0.05, 0.1) is 0 Å². The van der Waals surface area contributed by atoms with Crippen LogP contribution in [0, 0.1) is 0 Å². The second kappa shape index (κ2) is 4.80. The van der Waals surface area contributed by atoms with Crippen LogP contribution in [0.15, 0.2) is 28.3 Å². The summed E-state index contributed by atoms with van der Waals surface area (Å²) in [5.41, 5.74) is 5.72. The fraction of sp³-hybridized carbons (Fsp3) is 0.200. The Kier molecular flexibility index (Phi) is 3.40. The number of nitrogen functional groups attached to an aromatic ring is 1. The average molecular weight is 300 g/mol. The van der Waals surface area contributed by atoms with Crippen LogP contribution in [0.3, 0.4) is 0 Å². The summed E-state index contributed by atoms with van der Waals surface area (Å²) < 4.78 is 6.54. The van der Waals surface area contributed by atoms with Crippen molar-refractivity contribution in [3.63, 3.8) is 0 Å². The number of halogens is 1. The molecule has 0 aromatic carbocycles. The first kappa shape index (κ1) is 11.3. The molecule has 0 fully saturated rings. The van der Waals surface area contributed by atoms with Crippen molar-refractivity contribution in [2.24, 2.45) is 0 Å². The van der Waals surface area contributed by atoms with Crippen molar-refractivity contribution in [2.45, 2.75) is 13.0 Å². The van der Waals surface area contributed by atoms with Gasteiger partial charge in [-0.15, -0.1) is 11.3 Å². The third-order valence-electron chi connectivity index (χ3n) is 1.95. The highest BCUT2D eigenvalue weighted by Crippen LogP contribution is 2.28. The van der Waals surface area contributed by atoms with Gasteiger partial charge in [-0.05, 0) is 28.9 Å². The SMILES string of the molecule is C[C@@H](Oc1cc(Br)cnc1N)c1nccs1. The van der Waals surface area contributed by atoms with E-state index in [0.717, 1.165) is 9.48 Å². The van der Waals surface area contributed by atoms with Gasteiger partial charge >= 0.3 is 0 Å². The van der Waals surface area contributed by atoms with Gasteiger partial charge in [0.15, 0.2) is 11.6 Å². The first-order chi connectivity index (χ1) is 7.66. The predicted octanol–water partition coefficient (Wildman–Crippen LogP) is 3.02. The van der Waals surface area contributed by atoms with Crippen LogP contribution in [-0.4, -0.2) is 9.97 Å². The Morgan fingerprint density at radius 1 is 1.50 bits per heavy atom. The van der Waals surface area contributed by atoms with E-state index in [1.54, 1.807) is 29.8 Å². The summed E-state index contributed by atoms with van der Waals surface area (Å²) in [6.45, 7) is 1.93. The number of anilines is 1. The van der Waals surface area contributed by atoms with Crippen molar-refractivity contribution < 1.29 is 4.74 Å². The molecule has 0 bridgehead atoms. The van der Waals surface area contributed by atoms with Crippen LogP contribution in [0.4, 0.5) is 5.82 Å². The van der Waals surface area contributed by atoms with Crippen LogP contribution in [0.2, 0.25) is 0 Å². The molecule has 2 rings (SSSR count). The van der Waals surface area contributed by atoms with Crippen LogP contribution in [0.5, 0.6) is 5.75 Å². The highest BCUT2D eigenvalue weighted by molar-refractivity contribution is 9.10. The van der Waals surface area contributed by atoms with Crippen LogP contribution >= 0.6 is 27.3 Å². The molecular weight excluding hydrogens is 290 g/mol. The molecule has 2 N–H and O–H groups in total. The first-order valence-electron chi connectivity index (χ1n) is 4.64. The van der Waals surface area contributed by atoms with E-state index in [-0.39, 0.29) is 6.10 Å². The number of thiazole rings is 1. The molecular formula is C10H10BrN3OS. The van der Waals surface area contributed by atoms with Crippen LogP contribution in [0.1, 0.15) is 18.0 Å². The number of nitrogens with zero attached hydrogens (tertiary/aromatic N) is 2. The first-order valence-corrected chi connectivity index (χ1v) is 6.31. The summed E-state index contributed by atoms with van der Waals surface area (Å²) >= 11 is 4.88. The molecule has 2 aromatic heterocycles. The van der Waals surface area contributed by atoms with Gasteiger partial charge in [-0.2, -0.15) is 0 Å². The molecule has 84 valence electrons. The Morgan fingerprint density at radius 2 is 2.31 bits per heavy atom. The summed E-state index contributed by atoms with van der Waals surface area (Å²) in [5.74, 6) is 0.948. The van der Waals surface area contributed by atoms with Crippen LogP contribution in [-0.2, 0) is 0 Å². The smallest absolute Gasteiger partial charge is 0.166 e. The number of ether oxygens (including phenoxy) is 1. The second-order valence-corrected chi connectivity index (χ2v) is 5.01. The topological polar surface area (TPSA) is 61.0 Å². The number of pyridine rings is 1. The molecule has 0 unspecified atom stereocenters. The van der Waals surface area contributed by atoms with E-state index in [2.05, 4.69) is 25.9 Å². The molecule has 16 heavy (non-hydrogen) atoms. The largest absolute Gasteiger partial charge is 0.480 e. The highest BCUT2D eigenvalue weighted by Gasteiger charge is 2.12. The minimum absolute atomic E-state index is 0.126. The van der Waals surface area contributed by atoms with Crippen LogP contribution in [0.25, 0.3) is 0 Å². The zero-order valence-corrected chi connectivity index (χ0v) is 11.0. The maximum Gasteiger partial charge on any atom is 0.166 e. The van der Waals surface area contributed by atoms with Crippen molar-refractivity contribution >= 4 is 33.1 Å². The van der Waals surface area contributed by atoms with E-state index in [4.69, 9.17) is 10.5 Å². The molecule has 2 aromatic rings. The third kappa shape index (κ3) is 2.51. The number of hydrogen-bond acceptors (Lipinski definition) is 5. The normalized spacial score (nSPS) is 12.4. The lowest BCUT2D eigenvalue weighted by molar-refractivity contribution is 0.227. The van der Waals surface area contributed by atoms with Crippen molar-refractivity contribution in [1.82, 2.24) is 9.97 Å². The maximum atomic E-state index is 5.72. The van der Waals surface area contributed by atoms with E-state index in [9.17, 15) is 0 Å². The van der Waals surface area contributed by atoms with E-state index >= 15 is 0 Å². The van der Waals surface area contributed by atoms with Gasteiger partial charge in [0.1, 0.15) is 11.1 Å². The summed E-state index contributed by atoms with van der Waals surface area (Å²) in [5, 5.41) is 2.83. The summed E-state index contributed by atoms with van der Waals surface area (Å²) in [7, 11) is 0. The summed E-state index contributed by atoms with van der Waals surface area (Å²) in [6.07, 6.45) is 3.26. The number of rotatable bonds is 3. The Morgan fingerprint density at radius 3 is 3.00 bits per heavy atom. The Balaban J connectivity index is 2.17. The lowest BCUT2D eigenvalue weighted by atomic mass is 10.4. The number of hydrogen-bond donors (Lipinski definition) is 1. The molecule has 0 radical (unpaired) electrons. The average Bonchev–Trinajstić information content (AvgIpc) is 2.76. The lowest BCUT2D eigenvalue weighted by Crippen LogP contribution is -2.05. The van der Waals surface area contributed by atoms with Gasteiger partial charge in [0, 0.05) is 22.2 Å². The van der Waals surface area contributed by atoms with Gasteiger partial charge in [-0.1, -0.05) is 0 Å². The molecule has 1 atom stereocenters. The van der Waals surface area contributed by atoms with E-state index in [1.807, 2.05) is 12.3 Å². The molecule has 0 spiro atoms. The third-order valence-corrected chi connectivity index (χ3v) is 3.32. The minimum atomic E-state index is -0.126. The van der Waals surface area contributed by atoms with Crippen LogP contribution < -0.4 is 10.5 Å². The lowest BCUT2D eigenvalue weighted by Gasteiger charge is -2.13. The van der Waals surface area contributed by atoms with E-state index in [1.165, 1.54) is 0 Å². The predicted molar refractivity (Wildman–Crippen MR) is 67.5 cm³/mol. The second-order valence-electron chi connectivity index (χ2n) is 3.17. The van der Waals surface area contributed by atoms with Crippen molar-refractivity contribution in [1.29, 1.82) is 0 Å². The van der Waals surface area contributed by atoms with Gasteiger partial charge in [0.25, 0.3) is 0 Å². The van der Waals surface area contributed by atoms with Crippen molar-refractivity contribution in [3.8, 4) is 5.75 Å². The van der Waals surface area contributed by atoms with E-state index < -0.39 is 0 Å². The Bertz CT molecular complexity index is 475. The fourth-order valence-corrected chi connectivity index (χ4v) is 2.13. The van der Waals surface area contributed by atoms with Gasteiger partial charge in [0.2, 0.25) is 0 Å². The molecule has 4 nitrogen and oxygen atoms in total. The molecule has 0 aliphatic heterocycles. The molecule has 0 aliphatic carbocycles. The number of nitrogens with two attached hydrogens (primary N) is 1. The van der Waals surface area contributed by atoms with Gasteiger partial charge in [-0.25, -0.2) is 9.97 Å². The van der Waals surface area contributed by atoms with E-state index in [0.29, 0.717) is 11.6 Å². The summed E-state index contributed by atoms with van der Waals surface area (Å²) in [6, 6.07) is 1.80. The highest BCUT2D eigenvalue weighted by atomic mass is 79.9.